The van der Waals surface area contributed by atoms with Crippen LogP contribution in [0, 0.1) is 11.6 Å². The third kappa shape index (κ3) is 5.57. The van der Waals surface area contributed by atoms with E-state index in [1.807, 2.05) is 54.6 Å². The number of amides is 1. The Morgan fingerprint density at radius 1 is 0.909 bits per heavy atom. The van der Waals surface area contributed by atoms with Crippen LogP contribution >= 0.6 is 0 Å². The highest BCUT2D eigenvalue weighted by molar-refractivity contribution is 5.83. The highest BCUT2D eigenvalue weighted by Gasteiger charge is 2.15. The third-order valence-electron chi connectivity index (χ3n) is 5.15. The Kier molecular flexibility index (Phi) is 6.99. The first-order chi connectivity index (χ1) is 16.1. The summed E-state index contributed by atoms with van der Waals surface area (Å²) in [5.41, 5.74) is 3.84. The normalized spacial score (nSPS) is 10.6. The molecule has 33 heavy (non-hydrogen) atoms. The first-order valence-electron chi connectivity index (χ1n) is 10.5. The van der Waals surface area contributed by atoms with Gasteiger partial charge in [-0.1, -0.05) is 42.5 Å². The molecule has 0 saturated heterocycles. The third-order valence-corrected chi connectivity index (χ3v) is 5.15. The van der Waals surface area contributed by atoms with Crippen molar-refractivity contribution < 1.29 is 13.6 Å². The molecule has 2 aromatic heterocycles. The van der Waals surface area contributed by atoms with Gasteiger partial charge < -0.3 is 10.2 Å². The van der Waals surface area contributed by atoms with Gasteiger partial charge in [0.1, 0.15) is 0 Å². The molecule has 0 radical (unpaired) electrons. The molecule has 1 N–H and O–H groups in total. The maximum Gasteiger partial charge on any atom is 0.214 e. The molecule has 4 aromatic rings. The smallest absolute Gasteiger partial charge is 0.214 e. The molecule has 0 aliphatic carbocycles. The van der Waals surface area contributed by atoms with Crippen LogP contribution < -0.4 is 10.2 Å². The van der Waals surface area contributed by atoms with Crippen LogP contribution in [0.2, 0.25) is 0 Å². The Balaban J connectivity index is 1.60. The summed E-state index contributed by atoms with van der Waals surface area (Å²) in [6, 6.07) is 21.0. The van der Waals surface area contributed by atoms with E-state index in [1.165, 1.54) is 6.07 Å². The number of nitrogens with one attached hydrogen (secondary N) is 1. The predicted molar refractivity (Wildman–Crippen MR) is 125 cm³/mol. The Bertz CT molecular complexity index is 1220. The molecule has 7 heteroatoms. The van der Waals surface area contributed by atoms with Gasteiger partial charge in [-0.2, -0.15) is 0 Å². The van der Waals surface area contributed by atoms with E-state index in [1.54, 1.807) is 23.4 Å². The van der Waals surface area contributed by atoms with E-state index in [0.717, 1.165) is 29.3 Å². The summed E-state index contributed by atoms with van der Waals surface area (Å²) >= 11 is 0. The fourth-order valence-electron chi connectivity index (χ4n) is 3.47. The predicted octanol–water partition coefficient (Wildman–Crippen LogP) is 5.24. The summed E-state index contributed by atoms with van der Waals surface area (Å²) in [4.78, 5) is 22.4. The second-order valence-corrected chi connectivity index (χ2v) is 7.45. The largest absolute Gasteiger partial charge is 0.368 e. The van der Waals surface area contributed by atoms with Crippen molar-refractivity contribution in [2.45, 2.75) is 13.0 Å². The van der Waals surface area contributed by atoms with Crippen molar-refractivity contribution in [2.24, 2.45) is 0 Å². The summed E-state index contributed by atoms with van der Waals surface area (Å²) in [7, 11) is 0. The molecule has 0 spiro atoms. The van der Waals surface area contributed by atoms with Crippen molar-refractivity contribution in [1.82, 2.24) is 9.97 Å². The number of pyridine rings is 2. The van der Waals surface area contributed by atoms with E-state index in [9.17, 15) is 13.6 Å². The Morgan fingerprint density at radius 2 is 1.76 bits per heavy atom. The molecule has 0 aliphatic heterocycles. The van der Waals surface area contributed by atoms with Crippen LogP contribution in [-0.2, 0) is 17.8 Å². The fourth-order valence-corrected chi connectivity index (χ4v) is 3.47. The zero-order valence-corrected chi connectivity index (χ0v) is 17.8. The first kappa shape index (κ1) is 22.1. The molecule has 0 unspecified atom stereocenters. The number of hydrogen-bond acceptors (Lipinski definition) is 4. The molecule has 166 valence electrons. The second kappa shape index (κ2) is 10.5. The average molecular weight is 444 g/mol. The summed E-state index contributed by atoms with van der Waals surface area (Å²) in [5, 5.41) is 3.26. The summed E-state index contributed by atoms with van der Waals surface area (Å²) in [6.45, 7) is 0.754. The van der Waals surface area contributed by atoms with Gasteiger partial charge >= 0.3 is 0 Å². The lowest BCUT2D eigenvalue weighted by atomic mass is 10.1. The van der Waals surface area contributed by atoms with Gasteiger partial charge in [0.15, 0.2) is 17.5 Å². The number of rotatable bonds is 9. The zero-order chi connectivity index (χ0) is 23.0. The van der Waals surface area contributed by atoms with Crippen molar-refractivity contribution in [3.8, 4) is 11.3 Å². The first-order valence-corrected chi connectivity index (χ1v) is 10.5. The number of hydrogen-bond donors (Lipinski definition) is 1. The molecule has 0 fully saturated rings. The lowest BCUT2D eigenvalue weighted by molar-refractivity contribution is -0.107. The monoisotopic (exact) mass is 444 g/mol. The van der Waals surface area contributed by atoms with Crippen LogP contribution in [0.4, 0.5) is 20.3 Å². The number of aromatic nitrogens is 2. The summed E-state index contributed by atoms with van der Waals surface area (Å²) in [6.07, 6.45) is 4.60. The van der Waals surface area contributed by atoms with Crippen LogP contribution in [-0.4, -0.2) is 22.9 Å². The van der Waals surface area contributed by atoms with Crippen molar-refractivity contribution in [2.75, 3.05) is 16.8 Å². The minimum absolute atomic E-state index is 0.335. The van der Waals surface area contributed by atoms with Gasteiger partial charge in [0.2, 0.25) is 6.41 Å². The fraction of sp³-hybridized carbons (Fsp3) is 0.115. The molecule has 1 amide bonds. The maximum atomic E-state index is 13.5. The number of carbonyl (C=O) groups is 1. The standard InChI is InChI=1S/C26H22F2N4O/c27-22-9-8-19(15-23(22)28)12-14-30-26-25(32(18-33)17-20-5-4-13-29-16-20)11-10-24(31-26)21-6-2-1-3-7-21/h1-11,13,15-16,18H,12,14,17H2,(H,30,31). The molecule has 2 heterocycles. The van der Waals surface area contributed by atoms with Crippen LogP contribution in [0.15, 0.2) is 85.2 Å². The second-order valence-electron chi connectivity index (χ2n) is 7.45. The minimum Gasteiger partial charge on any atom is -0.368 e. The van der Waals surface area contributed by atoms with Gasteiger partial charge in [-0.3, -0.25) is 9.78 Å². The quantitative estimate of drug-likeness (QED) is 0.359. The maximum absolute atomic E-state index is 13.5. The van der Waals surface area contributed by atoms with E-state index >= 15 is 0 Å². The SMILES string of the molecule is O=CN(Cc1cccnc1)c1ccc(-c2ccccc2)nc1NCCc1ccc(F)c(F)c1. The van der Waals surface area contributed by atoms with Gasteiger partial charge in [-0.25, -0.2) is 13.8 Å². The number of halogens is 2. The molecule has 5 nitrogen and oxygen atoms in total. The molecule has 2 aromatic carbocycles. The van der Waals surface area contributed by atoms with Crippen molar-refractivity contribution in [3.05, 3.63) is 108 Å². The molecule has 0 atom stereocenters. The molecule has 0 saturated carbocycles. The van der Waals surface area contributed by atoms with Crippen LogP contribution in [0.3, 0.4) is 0 Å². The highest BCUT2D eigenvalue weighted by Crippen LogP contribution is 2.29. The number of carbonyl (C=O) groups excluding carboxylic acids is 1. The van der Waals surface area contributed by atoms with Gasteiger partial charge in [0.25, 0.3) is 0 Å². The van der Waals surface area contributed by atoms with E-state index in [2.05, 4.69) is 10.3 Å². The van der Waals surface area contributed by atoms with E-state index < -0.39 is 11.6 Å². The van der Waals surface area contributed by atoms with Gasteiger partial charge in [-0.15, -0.1) is 0 Å². The van der Waals surface area contributed by atoms with E-state index in [-0.39, 0.29) is 0 Å². The van der Waals surface area contributed by atoms with E-state index in [0.29, 0.717) is 36.6 Å². The number of benzene rings is 2. The number of anilines is 2. The highest BCUT2D eigenvalue weighted by atomic mass is 19.2. The lowest BCUT2D eigenvalue weighted by Crippen LogP contribution is -2.23. The van der Waals surface area contributed by atoms with Gasteiger partial charge in [-0.05, 0) is 47.9 Å². The van der Waals surface area contributed by atoms with Crippen molar-refractivity contribution in [1.29, 1.82) is 0 Å². The van der Waals surface area contributed by atoms with Crippen LogP contribution in [0.1, 0.15) is 11.1 Å². The average Bonchev–Trinajstić information content (AvgIpc) is 2.86. The van der Waals surface area contributed by atoms with E-state index in [4.69, 9.17) is 4.98 Å². The van der Waals surface area contributed by atoms with Gasteiger partial charge in [0.05, 0.1) is 17.9 Å². The molecular formula is C26H22F2N4O. The van der Waals surface area contributed by atoms with Crippen LogP contribution in [0.5, 0.6) is 0 Å². The van der Waals surface area contributed by atoms with Crippen molar-refractivity contribution in [3.63, 3.8) is 0 Å². The Morgan fingerprint density at radius 3 is 2.48 bits per heavy atom. The van der Waals surface area contributed by atoms with Crippen molar-refractivity contribution >= 4 is 17.9 Å². The van der Waals surface area contributed by atoms with Crippen LogP contribution in [0.25, 0.3) is 11.3 Å². The summed E-state index contributed by atoms with van der Waals surface area (Å²) in [5.74, 6) is -1.22. The molecular weight excluding hydrogens is 422 g/mol. The Hall–Kier alpha value is -4.13. The lowest BCUT2D eigenvalue weighted by Gasteiger charge is -2.21. The summed E-state index contributed by atoms with van der Waals surface area (Å²) < 4.78 is 26.7. The minimum atomic E-state index is -0.874. The zero-order valence-electron chi connectivity index (χ0n) is 17.8. The Labute approximate surface area is 190 Å². The molecule has 4 rings (SSSR count). The molecule has 0 bridgehead atoms. The number of nitrogens with zero attached hydrogens (tertiary/aromatic N) is 3. The van der Waals surface area contributed by atoms with Gasteiger partial charge in [0, 0.05) is 24.5 Å². The topological polar surface area (TPSA) is 58.1 Å². The molecule has 0 aliphatic rings.